The largest absolute Gasteiger partial charge is 0.352 e. The summed E-state index contributed by atoms with van der Waals surface area (Å²) in [5.41, 5.74) is 2.64. The molecular formula is C20H26N4O. The van der Waals surface area contributed by atoms with E-state index < -0.39 is 0 Å². The van der Waals surface area contributed by atoms with Crippen molar-refractivity contribution in [2.24, 2.45) is 0 Å². The molecule has 1 heterocycles. The van der Waals surface area contributed by atoms with Crippen LogP contribution in [0.25, 0.3) is 11.1 Å². The number of nitrogens with one attached hydrogen (secondary N) is 2. The molecule has 0 radical (unpaired) electrons. The first-order valence-corrected chi connectivity index (χ1v) is 9.23. The van der Waals surface area contributed by atoms with Crippen LogP contribution in [-0.2, 0) is 0 Å². The molecule has 1 aliphatic carbocycles. The van der Waals surface area contributed by atoms with Crippen molar-refractivity contribution in [2.45, 2.75) is 51.5 Å². The van der Waals surface area contributed by atoms with Crippen molar-refractivity contribution in [3.63, 3.8) is 0 Å². The van der Waals surface area contributed by atoms with Crippen molar-refractivity contribution in [1.29, 1.82) is 0 Å². The second-order valence-electron chi connectivity index (χ2n) is 6.61. The fourth-order valence-electron chi connectivity index (χ4n) is 3.14. The zero-order valence-electron chi connectivity index (χ0n) is 14.8. The lowest BCUT2D eigenvalue weighted by atomic mass is 9.96. The highest BCUT2D eigenvalue weighted by molar-refractivity contribution is 5.94. The molecule has 0 saturated heterocycles. The summed E-state index contributed by atoms with van der Waals surface area (Å²) in [6.45, 7) is 2.74. The van der Waals surface area contributed by atoms with Gasteiger partial charge in [0.2, 0.25) is 5.95 Å². The summed E-state index contributed by atoms with van der Waals surface area (Å²) in [7, 11) is 0. The van der Waals surface area contributed by atoms with Gasteiger partial charge in [0, 0.05) is 36.1 Å². The second-order valence-corrected chi connectivity index (χ2v) is 6.61. The maximum absolute atomic E-state index is 11.9. The van der Waals surface area contributed by atoms with Gasteiger partial charge in [-0.25, -0.2) is 9.97 Å². The summed E-state index contributed by atoms with van der Waals surface area (Å²) in [5, 5.41) is 6.31. The summed E-state index contributed by atoms with van der Waals surface area (Å²) in [4.78, 5) is 20.8. The maximum Gasteiger partial charge on any atom is 0.251 e. The Bertz CT molecular complexity index is 676. The standard InChI is InChI=1S/C20H26N4O/c1-2-12-21-19(25)16-10-8-15(9-11-16)17-13-22-20(23-14-17)24-18-6-4-3-5-7-18/h8-11,13-14,18H,2-7,12H2,1H3,(H,21,25)(H,22,23,24). The Kier molecular flexibility index (Phi) is 5.99. The number of rotatable bonds is 6. The van der Waals surface area contributed by atoms with E-state index in [9.17, 15) is 4.79 Å². The van der Waals surface area contributed by atoms with E-state index in [1.165, 1.54) is 32.1 Å². The average Bonchev–Trinajstić information content (AvgIpc) is 2.68. The molecule has 0 unspecified atom stereocenters. The van der Waals surface area contributed by atoms with Crippen molar-refractivity contribution in [3.05, 3.63) is 42.2 Å². The van der Waals surface area contributed by atoms with Crippen molar-refractivity contribution in [3.8, 4) is 11.1 Å². The molecule has 1 aromatic carbocycles. The number of aromatic nitrogens is 2. The molecule has 2 aromatic rings. The van der Waals surface area contributed by atoms with Gasteiger partial charge in [0.25, 0.3) is 5.91 Å². The van der Waals surface area contributed by atoms with Crippen LogP contribution in [0.1, 0.15) is 55.8 Å². The maximum atomic E-state index is 11.9. The van der Waals surface area contributed by atoms with Gasteiger partial charge < -0.3 is 10.6 Å². The number of nitrogens with zero attached hydrogens (tertiary/aromatic N) is 2. The number of carbonyl (C=O) groups is 1. The molecule has 3 rings (SSSR count). The van der Waals surface area contributed by atoms with Gasteiger partial charge in [0.1, 0.15) is 0 Å². The van der Waals surface area contributed by atoms with Crippen molar-refractivity contribution in [1.82, 2.24) is 15.3 Å². The van der Waals surface area contributed by atoms with E-state index in [-0.39, 0.29) is 5.91 Å². The molecule has 5 nitrogen and oxygen atoms in total. The molecular weight excluding hydrogens is 312 g/mol. The summed E-state index contributed by atoms with van der Waals surface area (Å²) >= 11 is 0. The lowest BCUT2D eigenvalue weighted by molar-refractivity contribution is 0.0953. The predicted molar refractivity (Wildman–Crippen MR) is 101 cm³/mol. The van der Waals surface area contributed by atoms with Gasteiger partial charge in [-0.2, -0.15) is 0 Å². The Morgan fingerprint density at radius 2 is 1.72 bits per heavy atom. The second kappa shape index (κ2) is 8.60. The smallest absolute Gasteiger partial charge is 0.251 e. The van der Waals surface area contributed by atoms with E-state index >= 15 is 0 Å². The normalized spacial score (nSPS) is 14.9. The number of amides is 1. The molecule has 1 amide bonds. The lowest BCUT2D eigenvalue weighted by Gasteiger charge is -2.22. The fourth-order valence-corrected chi connectivity index (χ4v) is 3.14. The molecule has 0 atom stereocenters. The Labute approximate surface area is 149 Å². The SMILES string of the molecule is CCCNC(=O)c1ccc(-c2cnc(NC3CCCCC3)nc2)cc1. The third-order valence-corrected chi connectivity index (χ3v) is 4.61. The van der Waals surface area contributed by atoms with Gasteiger partial charge in [-0.1, -0.05) is 38.3 Å². The Morgan fingerprint density at radius 1 is 1.04 bits per heavy atom. The molecule has 0 spiro atoms. The number of anilines is 1. The van der Waals surface area contributed by atoms with Crippen LogP contribution in [0.4, 0.5) is 5.95 Å². The van der Waals surface area contributed by atoms with Crippen LogP contribution in [0.3, 0.4) is 0 Å². The van der Waals surface area contributed by atoms with E-state index in [0.717, 1.165) is 17.5 Å². The third kappa shape index (κ3) is 4.78. The monoisotopic (exact) mass is 338 g/mol. The number of benzene rings is 1. The van der Waals surface area contributed by atoms with Gasteiger partial charge in [0.15, 0.2) is 0 Å². The van der Waals surface area contributed by atoms with Crippen molar-refractivity contribution < 1.29 is 4.79 Å². The molecule has 1 fully saturated rings. The van der Waals surface area contributed by atoms with E-state index in [4.69, 9.17) is 0 Å². The van der Waals surface area contributed by atoms with Crippen LogP contribution in [-0.4, -0.2) is 28.5 Å². The van der Waals surface area contributed by atoms with Gasteiger partial charge in [-0.3, -0.25) is 4.79 Å². The molecule has 132 valence electrons. The highest BCUT2D eigenvalue weighted by atomic mass is 16.1. The number of hydrogen-bond acceptors (Lipinski definition) is 4. The van der Waals surface area contributed by atoms with Crippen LogP contribution in [0.5, 0.6) is 0 Å². The lowest BCUT2D eigenvalue weighted by Crippen LogP contribution is -2.23. The van der Waals surface area contributed by atoms with E-state index in [1.54, 1.807) is 0 Å². The fraction of sp³-hybridized carbons (Fsp3) is 0.450. The van der Waals surface area contributed by atoms with E-state index in [2.05, 4.69) is 20.6 Å². The Morgan fingerprint density at radius 3 is 2.36 bits per heavy atom. The van der Waals surface area contributed by atoms with E-state index in [1.807, 2.05) is 43.6 Å². The minimum Gasteiger partial charge on any atom is -0.352 e. The molecule has 25 heavy (non-hydrogen) atoms. The Hall–Kier alpha value is -2.43. The van der Waals surface area contributed by atoms with Crippen LogP contribution in [0, 0.1) is 0 Å². The zero-order chi connectivity index (χ0) is 17.5. The molecule has 0 aliphatic heterocycles. The van der Waals surface area contributed by atoms with Gasteiger partial charge >= 0.3 is 0 Å². The third-order valence-electron chi connectivity index (χ3n) is 4.61. The summed E-state index contributed by atoms with van der Waals surface area (Å²) in [5.74, 6) is 0.669. The summed E-state index contributed by atoms with van der Waals surface area (Å²) < 4.78 is 0. The molecule has 2 N–H and O–H groups in total. The van der Waals surface area contributed by atoms with Gasteiger partial charge in [0.05, 0.1) is 0 Å². The highest BCUT2D eigenvalue weighted by Crippen LogP contribution is 2.22. The van der Waals surface area contributed by atoms with Gasteiger partial charge in [-0.05, 0) is 37.0 Å². The molecule has 1 saturated carbocycles. The van der Waals surface area contributed by atoms with Crippen LogP contribution in [0.15, 0.2) is 36.7 Å². The number of hydrogen-bond donors (Lipinski definition) is 2. The highest BCUT2D eigenvalue weighted by Gasteiger charge is 2.14. The van der Waals surface area contributed by atoms with Crippen molar-refractivity contribution >= 4 is 11.9 Å². The first-order valence-electron chi connectivity index (χ1n) is 9.23. The number of carbonyl (C=O) groups excluding carboxylic acids is 1. The minimum atomic E-state index is -0.0309. The van der Waals surface area contributed by atoms with Gasteiger partial charge in [-0.15, -0.1) is 0 Å². The molecule has 1 aromatic heterocycles. The van der Waals surface area contributed by atoms with Crippen molar-refractivity contribution in [2.75, 3.05) is 11.9 Å². The topological polar surface area (TPSA) is 66.9 Å². The first-order chi connectivity index (χ1) is 12.3. The molecule has 0 bridgehead atoms. The van der Waals surface area contributed by atoms with Crippen LogP contribution >= 0.6 is 0 Å². The van der Waals surface area contributed by atoms with Crippen LogP contribution < -0.4 is 10.6 Å². The predicted octanol–water partition coefficient (Wildman–Crippen LogP) is 4.03. The summed E-state index contributed by atoms with van der Waals surface area (Å²) in [6.07, 6.45) is 10.9. The first kappa shape index (κ1) is 17.4. The molecule has 1 aliphatic rings. The summed E-state index contributed by atoms with van der Waals surface area (Å²) in [6, 6.07) is 8.06. The average molecular weight is 338 g/mol. The Balaban J connectivity index is 1.62. The minimum absolute atomic E-state index is 0.0309. The van der Waals surface area contributed by atoms with E-state index in [0.29, 0.717) is 24.1 Å². The van der Waals surface area contributed by atoms with Crippen LogP contribution in [0.2, 0.25) is 0 Å². The zero-order valence-corrected chi connectivity index (χ0v) is 14.8. The quantitative estimate of drug-likeness (QED) is 0.834. The molecule has 5 heteroatoms.